The van der Waals surface area contributed by atoms with Crippen LogP contribution in [0.15, 0.2) is 84.9 Å². The highest BCUT2D eigenvalue weighted by atomic mass is 16.2. The molecule has 0 spiro atoms. The Kier molecular flexibility index (Phi) is 9.31. The molecule has 0 saturated carbocycles. The van der Waals surface area contributed by atoms with Crippen molar-refractivity contribution in [3.05, 3.63) is 102 Å². The number of benzene rings is 3. The molecular weight excluding hydrogens is 484 g/mol. The van der Waals surface area contributed by atoms with Crippen molar-refractivity contribution in [3.8, 4) is 16.9 Å². The van der Waals surface area contributed by atoms with Crippen molar-refractivity contribution in [3.63, 3.8) is 0 Å². The highest BCUT2D eigenvalue weighted by Gasteiger charge is 2.23. The van der Waals surface area contributed by atoms with E-state index >= 15 is 0 Å². The average molecular weight is 523 g/mol. The largest absolute Gasteiger partial charge is 0.327 e. The lowest BCUT2D eigenvalue weighted by Crippen LogP contribution is -2.42. The number of aryl methyl sites for hydroxylation is 2. The standard InChI is InChI=1S/C33H38N4O2/c1-5-6-8-11-26-16-18-28(19-17-26)33(39)36(24(2)3)23-32(38)34-31-22-30(27-12-9-7-10-13-27)35-37(31)29-20-14-25(4)15-21-29/h7,9-10,12-22,24H,5-6,8,11,23H2,1-4H3,(H,34,38). The second kappa shape index (κ2) is 13.1. The summed E-state index contributed by atoms with van der Waals surface area (Å²) in [5.41, 5.74) is 5.51. The molecule has 1 heterocycles. The molecule has 6 nitrogen and oxygen atoms in total. The minimum atomic E-state index is -0.277. The zero-order valence-corrected chi connectivity index (χ0v) is 23.4. The SMILES string of the molecule is CCCCCc1ccc(C(=O)N(CC(=O)Nc2cc(-c3ccccc3)nn2-c2ccc(C)cc2)C(C)C)cc1. The molecule has 0 fully saturated rings. The first-order chi connectivity index (χ1) is 18.9. The molecule has 1 aromatic heterocycles. The van der Waals surface area contributed by atoms with E-state index in [0.29, 0.717) is 11.4 Å². The zero-order chi connectivity index (χ0) is 27.8. The van der Waals surface area contributed by atoms with Gasteiger partial charge in [-0.1, -0.05) is 79.9 Å². The molecule has 0 atom stereocenters. The zero-order valence-electron chi connectivity index (χ0n) is 23.4. The van der Waals surface area contributed by atoms with Crippen molar-refractivity contribution in [2.24, 2.45) is 0 Å². The molecule has 3 aromatic carbocycles. The fourth-order valence-electron chi connectivity index (χ4n) is 4.49. The minimum absolute atomic E-state index is 0.0610. The molecule has 6 heteroatoms. The van der Waals surface area contributed by atoms with E-state index in [4.69, 9.17) is 5.10 Å². The van der Waals surface area contributed by atoms with Gasteiger partial charge < -0.3 is 10.2 Å². The van der Waals surface area contributed by atoms with Gasteiger partial charge in [0, 0.05) is 23.2 Å². The van der Waals surface area contributed by atoms with Gasteiger partial charge in [-0.15, -0.1) is 0 Å². The van der Waals surface area contributed by atoms with Gasteiger partial charge in [0.2, 0.25) is 5.91 Å². The van der Waals surface area contributed by atoms with Crippen LogP contribution in [-0.2, 0) is 11.2 Å². The van der Waals surface area contributed by atoms with Gasteiger partial charge in [-0.25, -0.2) is 4.68 Å². The quantitative estimate of drug-likeness (QED) is 0.214. The van der Waals surface area contributed by atoms with Crippen LogP contribution in [0, 0.1) is 6.92 Å². The van der Waals surface area contributed by atoms with E-state index in [1.54, 1.807) is 9.58 Å². The van der Waals surface area contributed by atoms with Crippen LogP contribution in [0.25, 0.3) is 16.9 Å². The van der Waals surface area contributed by atoms with Crippen molar-refractivity contribution in [2.75, 3.05) is 11.9 Å². The van der Waals surface area contributed by atoms with E-state index in [0.717, 1.165) is 35.3 Å². The van der Waals surface area contributed by atoms with Crippen molar-refractivity contribution in [1.29, 1.82) is 0 Å². The van der Waals surface area contributed by atoms with Gasteiger partial charge >= 0.3 is 0 Å². The Bertz CT molecular complexity index is 1370. The third-order valence-corrected chi connectivity index (χ3v) is 6.79. The molecule has 0 bridgehead atoms. The van der Waals surface area contributed by atoms with Gasteiger partial charge in [0.15, 0.2) is 0 Å². The van der Waals surface area contributed by atoms with Crippen LogP contribution in [0.4, 0.5) is 5.82 Å². The van der Waals surface area contributed by atoms with Crippen LogP contribution in [-0.4, -0.2) is 39.1 Å². The number of anilines is 1. The normalized spacial score (nSPS) is 11.0. The molecule has 4 rings (SSSR count). The van der Waals surface area contributed by atoms with Crippen LogP contribution in [0.2, 0.25) is 0 Å². The number of aromatic nitrogens is 2. The van der Waals surface area contributed by atoms with Crippen LogP contribution in [0.3, 0.4) is 0 Å². The van der Waals surface area contributed by atoms with Crippen molar-refractivity contribution in [2.45, 2.75) is 59.4 Å². The van der Waals surface area contributed by atoms with Gasteiger partial charge in [-0.3, -0.25) is 9.59 Å². The smallest absolute Gasteiger partial charge is 0.254 e. The molecule has 1 N–H and O–H groups in total. The van der Waals surface area contributed by atoms with Crippen LogP contribution in [0.5, 0.6) is 0 Å². The summed E-state index contributed by atoms with van der Waals surface area (Å²) in [5.74, 6) is 0.119. The molecule has 0 aliphatic heterocycles. The second-order valence-corrected chi connectivity index (χ2v) is 10.3. The minimum Gasteiger partial charge on any atom is -0.327 e. The molecule has 0 saturated heterocycles. The molecule has 202 valence electrons. The lowest BCUT2D eigenvalue weighted by Gasteiger charge is -2.26. The van der Waals surface area contributed by atoms with E-state index in [9.17, 15) is 9.59 Å². The van der Waals surface area contributed by atoms with E-state index in [1.807, 2.05) is 106 Å². The number of carbonyl (C=O) groups is 2. The molecular formula is C33H38N4O2. The first kappa shape index (κ1) is 27.8. The van der Waals surface area contributed by atoms with Gasteiger partial charge in [-0.2, -0.15) is 5.10 Å². The Labute approximate surface area is 231 Å². The maximum absolute atomic E-state index is 13.4. The predicted octanol–water partition coefficient (Wildman–Crippen LogP) is 7.07. The number of hydrogen-bond acceptors (Lipinski definition) is 3. The Morgan fingerprint density at radius 3 is 2.26 bits per heavy atom. The molecule has 0 aliphatic rings. The third-order valence-electron chi connectivity index (χ3n) is 6.79. The average Bonchev–Trinajstić information content (AvgIpc) is 3.36. The van der Waals surface area contributed by atoms with Crippen LogP contribution in [0.1, 0.15) is 61.5 Å². The van der Waals surface area contributed by atoms with E-state index < -0.39 is 0 Å². The molecule has 39 heavy (non-hydrogen) atoms. The fraction of sp³-hybridized carbons (Fsp3) is 0.303. The second-order valence-electron chi connectivity index (χ2n) is 10.3. The molecule has 0 aliphatic carbocycles. The number of nitrogens with zero attached hydrogens (tertiary/aromatic N) is 3. The van der Waals surface area contributed by atoms with E-state index in [-0.39, 0.29) is 24.4 Å². The number of amides is 2. The number of carbonyl (C=O) groups excluding carboxylic acids is 2. The van der Waals surface area contributed by atoms with Crippen LogP contribution >= 0.6 is 0 Å². The first-order valence-corrected chi connectivity index (χ1v) is 13.8. The third kappa shape index (κ3) is 7.23. The summed E-state index contributed by atoms with van der Waals surface area (Å²) in [4.78, 5) is 28.3. The van der Waals surface area contributed by atoms with Crippen LogP contribution < -0.4 is 5.32 Å². The van der Waals surface area contributed by atoms with Crippen molar-refractivity contribution >= 4 is 17.6 Å². The van der Waals surface area contributed by atoms with Gasteiger partial charge in [0.05, 0.1) is 11.4 Å². The maximum Gasteiger partial charge on any atom is 0.254 e. The highest BCUT2D eigenvalue weighted by molar-refractivity contribution is 5.99. The Hall–Kier alpha value is -4.19. The summed E-state index contributed by atoms with van der Waals surface area (Å²) in [6.45, 7) is 8.01. The van der Waals surface area contributed by atoms with E-state index in [1.165, 1.54) is 18.4 Å². The number of rotatable bonds is 11. The monoisotopic (exact) mass is 522 g/mol. The van der Waals surface area contributed by atoms with Gasteiger partial charge in [-0.05, 0) is 63.4 Å². The van der Waals surface area contributed by atoms with Gasteiger partial charge in [0.25, 0.3) is 5.91 Å². The summed E-state index contributed by atoms with van der Waals surface area (Å²) in [6.07, 6.45) is 4.54. The van der Waals surface area contributed by atoms with Crippen molar-refractivity contribution in [1.82, 2.24) is 14.7 Å². The maximum atomic E-state index is 13.4. The van der Waals surface area contributed by atoms with Gasteiger partial charge in [0.1, 0.15) is 12.4 Å². The Morgan fingerprint density at radius 2 is 1.62 bits per heavy atom. The molecule has 0 unspecified atom stereocenters. The molecule has 2 amide bonds. The lowest BCUT2D eigenvalue weighted by atomic mass is 10.0. The fourth-order valence-corrected chi connectivity index (χ4v) is 4.49. The predicted molar refractivity (Wildman–Crippen MR) is 158 cm³/mol. The molecule has 0 radical (unpaired) electrons. The highest BCUT2D eigenvalue weighted by Crippen LogP contribution is 2.25. The molecule has 4 aromatic rings. The Balaban J connectivity index is 1.52. The summed E-state index contributed by atoms with van der Waals surface area (Å²) >= 11 is 0. The summed E-state index contributed by atoms with van der Waals surface area (Å²) < 4.78 is 1.73. The summed E-state index contributed by atoms with van der Waals surface area (Å²) in [7, 11) is 0. The lowest BCUT2D eigenvalue weighted by molar-refractivity contribution is -0.117. The topological polar surface area (TPSA) is 67.2 Å². The summed E-state index contributed by atoms with van der Waals surface area (Å²) in [5, 5.41) is 7.80. The van der Waals surface area contributed by atoms with Crippen molar-refractivity contribution < 1.29 is 9.59 Å². The number of nitrogens with one attached hydrogen (secondary N) is 1. The Morgan fingerprint density at radius 1 is 0.923 bits per heavy atom. The van der Waals surface area contributed by atoms with E-state index in [2.05, 4.69) is 12.2 Å². The number of unbranched alkanes of at least 4 members (excludes halogenated alkanes) is 2. The number of hydrogen-bond donors (Lipinski definition) is 1. The summed E-state index contributed by atoms with van der Waals surface area (Å²) in [6, 6.07) is 27.3. The first-order valence-electron chi connectivity index (χ1n) is 13.8.